The van der Waals surface area contributed by atoms with Gasteiger partial charge in [0.1, 0.15) is 20.9 Å². The zero-order valence-corrected chi connectivity index (χ0v) is 11.2. The van der Waals surface area contributed by atoms with Crippen LogP contribution >= 0.6 is 11.6 Å². The Morgan fingerprint density at radius 3 is 2.72 bits per heavy atom. The van der Waals surface area contributed by atoms with Crippen LogP contribution in [0.4, 0.5) is 0 Å². The van der Waals surface area contributed by atoms with Gasteiger partial charge in [-0.1, -0.05) is 22.9 Å². The third kappa shape index (κ3) is 1.99. The number of sulfone groups is 1. The maximum Gasteiger partial charge on any atom is 0.150 e. The second kappa shape index (κ2) is 4.20. The highest BCUT2D eigenvalue weighted by Crippen LogP contribution is 2.29. The number of para-hydroxylation sites is 1. The van der Waals surface area contributed by atoms with Crippen molar-refractivity contribution in [3.05, 3.63) is 23.2 Å². The van der Waals surface area contributed by atoms with Crippen molar-refractivity contribution in [2.24, 2.45) is 0 Å². The minimum Gasteiger partial charge on any atom is -0.240 e. The zero-order chi connectivity index (χ0) is 12.8. The highest BCUT2D eigenvalue weighted by molar-refractivity contribution is 7.91. The largest absolute Gasteiger partial charge is 0.240 e. The molecule has 2 aromatic rings. The van der Waals surface area contributed by atoms with Gasteiger partial charge in [-0.15, -0.1) is 5.10 Å². The molecule has 1 saturated heterocycles. The molecule has 0 radical (unpaired) electrons. The molecule has 96 valence electrons. The standard InChI is InChI=1S/C11H12ClN3O2S/c12-9-2-1-3-10-11(9)15(14-13-10)8-4-6-18(16,17)7-5-8/h1-3,8H,4-7H2. The minimum absolute atomic E-state index is 0.0680. The molecule has 1 aliphatic rings. The van der Waals surface area contributed by atoms with Crippen LogP contribution in [0.1, 0.15) is 18.9 Å². The monoisotopic (exact) mass is 285 g/mol. The molecule has 7 heteroatoms. The van der Waals surface area contributed by atoms with Crippen LogP contribution in [0.25, 0.3) is 11.0 Å². The van der Waals surface area contributed by atoms with Gasteiger partial charge < -0.3 is 0 Å². The fraction of sp³-hybridized carbons (Fsp3) is 0.455. The molecule has 0 atom stereocenters. The molecule has 0 bridgehead atoms. The van der Waals surface area contributed by atoms with Gasteiger partial charge in [0.15, 0.2) is 0 Å². The van der Waals surface area contributed by atoms with Crippen molar-refractivity contribution in [3.8, 4) is 0 Å². The average molecular weight is 286 g/mol. The van der Waals surface area contributed by atoms with Crippen molar-refractivity contribution in [1.29, 1.82) is 0 Å². The molecule has 0 spiro atoms. The van der Waals surface area contributed by atoms with Gasteiger partial charge in [-0.2, -0.15) is 0 Å². The second-order valence-corrected chi connectivity index (χ2v) is 7.24. The maximum atomic E-state index is 11.4. The molecule has 3 rings (SSSR count). The Morgan fingerprint density at radius 1 is 1.28 bits per heavy atom. The van der Waals surface area contributed by atoms with Gasteiger partial charge in [-0.25, -0.2) is 13.1 Å². The van der Waals surface area contributed by atoms with E-state index in [0.717, 1.165) is 11.0 Å². The van der Waals surface area contributed by atoms with Crippen molar-refractivity contribution >= 4 is 32.5 Å². The summed E-state index contributed by atoms with van der Waals surface area (Å²) in [6, 6.07) is 5.54. The van der Waals surface area contributed by atoms with E-state index in [1.165, 1.54) is 0 Å². The summed E-state index contributed by atoms with van der Waals surface area (Å²) in [5.74, 6) is 0.424. The number of rotatable bonds is 1. The molecule has 1 aromatic heterocycles. The van der Waals surface area contributed by atoms with E-state index in [9.17, 15) is 8.42 Å². The van der Waals surface area contributed by atoms with Gasteiger partial charge in [0.05, 0.1) is 22.6 Å². The summed E-state index contributed by atoms with van der Waals surface area (Å²) < 4.78 is 24.6. The van der Waals surface area contributed by atoms with Gasteiger partial charge in [-0.3, -0.25) is 0 Å². The van der Waals surface area contributed by atoms with Crippen molar-refractivity contribution in [2.45, 2.75) is 18.9 Å². The molecular formula is C11H12ClN3O2S. The van der Waals surface area contributed by atoms with Gasteiger partial charge in [0, 0.05) is 0 Å². The van der Waals surface area contributed by atoms with Crippen LogP contribution in [0.15, 0.2) is 18.2 Å². The lowest BCUT2D eigenvalue weighted by molar-refractivity contribution is 0.415. The van der Waals surface area contributed by atoms with Crippen LogP contribution in [0, 0.1) is 0 Å². The fourth-order valence-electron chi connectivity index (χ4n) is 2.33. The van der Waals surface area contributed by atoms with E-state index < -0.39 is 9.84 Å². The Kier molecular flexibility index (Phi) is 2.79. The first-order chi connectivity index (χ1) is 8.57. The van der Waals surface area contributed by atoms with E-state index in [2.05, 4.69) is 10.3 Å². The number of hydrogen-bond acceptors (Lipinski definition) is 4. The first-order valence-electron chi connectivity index (χ1n) is 5.77. The first-order valence-corrected chi connectivity index (χ1v) is 7.96. The number of benzene rings is 1. The second-order valence-electron chi connectivity index (χ2n) is 4.52. The number of hydrogen-bond donors (Lipinski definition) is 0. The van der Waals surface area contributed by atoms with Gasteiger partial charge in [0.2, 0.25) is 0 Å². The lowest BCUT2D eigenvalue weighted by Crippen LogP contribution is -2.26. The molecule has 5 nitrogen and oxygen atoms in total. The van der Waals surface area contributed by atoms with Crippen LogP contribution in [0.3, 0.4) is 0 Å². The molecular weight excluding hydrogens is 274 g/mol. The minimum atomic E-state index is -2.86. The number of aromatic nitrogens is 3. The Bertz CT molecular complexity index is 681. The van der Waals surface area contributed by atoms with Crippen molar-refractivity contribution in [3.63, 3.8) is 0 Å². The molecule has 0 amide bonds. The van der Waals surface area contributed by atoms with Crippen LogP contribution in [0.5, 0.6) is 0 Å². The summed E-state index contributed by atoms with van der Waals surface area (Å²) in [4.78, 5) is 0. The summed E-state index contributed by atoms with van der Waals surface area (Å²) >= 11 is 6.16. The molecule has 0 saturated carbocycles. The number of fused-ring (bicyclic) bond motifs is 1. The Labute approximate surface area is 110 Å². The average Bonchev–Trinajstić information content (AvgIpc) is 2.74. The molecule has 0 N–H and O–H groups in total. The van der Waals surface area contributed by atoms with Crippen LogP contribution in [-0.4, -0.2) is 34.9 Å². The Hall–Kier alpha value is -1.14. The topological polar surface area (TPSA) is 64.8 Å². The quantitative estimate of drug-likeness (QED) is 0.802. The van der Waals surface area contributed by atoms with Crippen molar-refractivity contribution in [1.82, 2.24) is 15.0 Å². The summed E-state index contributed by atoms with van der Waals surface area (Å²) in [6.07, 6.45) is 1.15. The Morgan fingerprint density at radius 2 is 2.00 bits per heavy atom. The number of nitrogens with zero attached hydrogens (tertiary/aromatic N) is 3. The van der Waals surface area contributed by atoms with E-state index >= 15 is 0 Å². The summed E-state index contributed by atoms with van der Waals surface area (Å²) in [7, 11) is -2.86. The summed E-state index contributed by atoms with van der Waals surface area (Å²) in [5.41, 5.74) is 1.54. The summed E-state index contributed by atoms with van der Waals surface area (Å²) in [6.45, 7) is 0. The van der Waals surface area contributed by atoms with Crippen molar-refractivity contribution < 1.29 is 8.42 Å². The van der Waals surface area contributed by atoms with E-state index in [-0.39, 0.29) is 17.5 Å². The molecule has 2 heterocycles. The van der Waals surface area contributed by atoms with Crippen molar-refractivity contribution in [2.75, 3.05) is 11.5 Å². The number of halogens is 1. The van der Waals surface area contributed by atoms with E-state index in [0.29, 0.717) is 17.9 Å². The smallest absolute Gasteiger partial charge is 0.150 e. The lowest BCUT2D eigenvalue weighted by Gasteiger charge is -2.22. The van der Waals surface area contributed by atoms with Crippen LogP contribution in [-0.2, 0) is 9.84 Å². The van der Waals surface area contributed by atoms with Gasteiger partial charge >= 0.3 is 0 Å². The van der Waals surface area contributed by atoms with E-state index in [1.54, 1.807) is 10.7 Å². The lowest BCUT2D eigenvalue weighted by atomic mass is 10.1. The highest BCUT2D eigenvalue weighted by Gasteiger charge is 2.27. The van der Waals surface area contributed by atoms with Gasteiger partial charge in [-0.05, 0) is 25.0 Å². The predicted octanol–water partition coefficient (Wildman–Crippen LogP) is 1.83. The molecule has 1 aromatic carbocycles. The molecule has 1 aliphatic heterocycles. The molecule has 0 aliphatic carbocycles. The SMILES string of the molecule is O=S1(=O)CCC(n2nnc3cccc(Cl)c32)CC1. The maximum absolute atomic E-state index is 11.4. The summed E-state index contributed by atoms with van der Waals surface area (Å²) in [5, 5.41) is 8.79. The van der Waals surface area contributed by atoms with E-state index in [1.807, 2.05) is 12.1 Å². The van der Waals surface area contributed by atoms with Crippen LogP contribution in [0.2, 0.25) is 5.02 Å². The van der Waals surface area contributed by atoms with E-state index in [4.69, 9.17) is 11.6 Å². The predicted molar refractivity (Wildman–Crippen MR) is 69.5 cm³/mol. The third-order valence-electron chi connectivity index (χ3n) is 3.31. The Balaban J connectivity index is 2.01. The molecule has 18 heavy (non-hydrogen) atoms. The van der Waals surface area contributed by atoms with Crippen LogP contribution < -0.4 is 0 Å². The first kappa shape index (κ1) is 11.9. The highest BCUT2D eigenvalue weighted by atomic mass is 35.5. The normalized spacial score (nSPS) is 20.3. The molecule has 0 unspecified atom stereocenters. The zero-order valence-electron chi connectivity index (χ0n) is 9.58. The molecule has 1 fully saturated rings. The third-order valence-corrected chi connectivity index (χ3v) is 5.33. The van der Waals surface area contributed by atoms with Gasteiger partial charge in [0.25, 0.3) is 0 Å². The fourth-order valence-corrected chi connectivity index (χ4v) is 4.05.